The predicted molar refractivity (Wildman–Crippen MR) is 115 cm³/mol. The van der Waals surface area contributed by atoms with Gasteiger partial charge in [0.25, 0.3) is 5.56 Å². The number of nitrogens with zero attached hydrogens (tertiary/aromatic N) is 3. The summed E-state index contributed by atoms with van der Waals surface area (Å²) in [6.07, 6.45) is 1.78. The van der Waals surface area contributed by atoms with Crippen LogP contribution in [0.4, 0.5) is 8.78 Å². The zero-order chi connectivity index (χ0) is 22.5. The smallest absolute Gasteiger partial charge is 0.257 e. The molecule has 0 bridgehead atoms. The second kappa shape index (κ2) is 9.64. The summed E-state index contributed by atoms with van der Waals surface area (Å²) in [5, 5.41) is 0. The Balaban J connectivity index is 0.00000132. The minimum absolute atomic E-state index is 0.0703. The van der Waals surface area contributed by atoms with Crippen molar-refractivity contribution < 1.29 is 13.6 Å². The highest BCUT2D eigenvalue weighted by atomic mass is 19.1. The molecule has 31 heavy (non-hydrogen) atoms. The van der Waals surface area contributed by atoms with Crippen LogP contribution in [0.2, 0.25) is 0 Å². The molecule has 3 aromatic rings. The van der Waals surface area contributed by atoms with Gasteiger partial charge >= 0.3 is 0 Å². The average Bonchev–Trinajstić information content (AvgIpc) is 2.77. The zero-order valence-electron chi connectivity index (χ0n) is 17.8. The van der Waals surface area contributed by atoms with Crippen LogP contribution in [0, 0.1) is 11.6 Å². The van der Waals surface area contributed by atoms with Crippen molar-refractivity contribution in [2.24, 2.45) is 0 Å². The van der Waals surface area contributed by atoms with Crippen molar-refractivity contribution in [3.8, 4) is 0 Å². The summed E-state index contributed by atoms with van der Waals surface area (Å²) < 4.78 is 29.2. The Morgan fingerprint density at radius 1 is 1.03 bits per heavy atom. The Morgan fingerprint density at radius 2 is 1.61 bits per heavy atom. The van der Waals surface area contributed by atoms with Crippen LogP contribution in [0.1, 0.15) is 49.2 Å². The molecule has 0 aliphatic carbocycles. The molecular weight excluding hydrogens is 400 g/mol. The van der Waals surface area contributed by atoms with Crippen LogP contribution >= 0.6 is 0 Å². The maximum atomic E-state index is 13.9. The van der Waals surface area contributed by atoms with Gasteiger partial charge in [-0.05, 0) is 41.8 Å². The number of halogens is 2. The van der Waals surface area contributed by atoms with Crippen molar-refractivity contribution in [3.63, 3.8) is 0 Å². The van der Waals surface area contributed by atoms with Crippen LogP contribution in [0.5, 0.6) is 0 Å². The van der Waals surface area contributed by atoms with Gasteiger partial charge < -0.3 is 4.90 Å². The molecule has 2 heterocycles. The lowest BCUT2D eigenvalue weighted by molar-refractivity contribution is -0.129. The number of hydrogen-bond donors (Lipinski definition) is 0. The average molecular weight is 425 g/mol. The van der Waals surface area contributed by atoms with E-state index >= 15 is 0 Å². The Labute approximate surface area is 180 Å². The topological polar surface area (TPSA) is 55.2 Å². The highest BCUT2D eigenvalue weighted by Crippen LogP contribution is 2.27. The van der Waals surface area contributed by atoms with Gasteiger partial charge in [-0.15, -0.1) is 0 Å². The van der Waals surface area contributed by atoms with E-state index < -0.39 is 17.7 Å². The highest BCUT2D eigenvalue weighted by molar-refractivity contribution is 5.73. The number of amides is 1. The van der Waals surface area contributed by atoms with Gasteiger partial charge in [-0.3, -0.25) is 14.2 Å². The summed E-state index contributed by atoms with van der Waals surface area (Å²) >= 11 is 0. The molecule has 4 rings (SSSR count). The van der Waals surface area contributed by atoms with E-state index in [0.717, 1.165) is 0 Å². The van der Waals surface area contributed by atoms with Crippen molar-refractivity contribution in [1.29, 1.82) is 0 Å². The first-order chi connectivity index (χ1) is 14.9. The standard InChI is InChI=1S/C22H19F2N3O2.C2H6/c1-14(28)26-9-8-19-20(12-26)25-13-27(22(19)29)21(15-4-2-6-17(23)10-15)16-5-3-7-18(24)11-16;1-2/h2-7,10-11,13,21H,8-9,12H2,1H3;1-2H3. The van der Waals surface area contributed by atoms with Crippen molar-refractivity contribution in [2.75, 3.05) is 6.54 Å². The van der Waals surface area contributed by atoms with Crippen LogP contribution in [-0.2, 0) is 17.8 Å². The van der Waals surface area contributed by atoms with Gasteiger partial charge in [0, 0.05) is 19.0 Å². The number of carbonyl (C=O) groups excluding carboxylic acids is 1. The van der Waals surface area contributed by atoms with Crippen molar-refractivity contribution >= 4 is 5.91 Å². The molecule has 0 radical (unpaired) electrons. The molecule has 162 valence electrons. The molecule has 1 aliphatic rings. The summed E-state index contributed by atoms with van der Waals surface area (Å²) in [5.41, 5.74) is 1.85. The number of hydrogen-bond acceptors (Lipinski definition) is 3. The van der Waals surface area contributed by atoms with E-state index in [1.807, 2.05) is 13.8 Å². The summed E-state index contributed by atoms with van der Waals surface area (Å²) in [6, 6.07) is 11.1. The fourth-order valence-corrected chi connectivity index (χ4v) is 3.76. The molecule has 0 saturated carbocycles. The fraction of sp³-hybridized carbons (Fsp3) is 0.292. The molecule has 0 atom stereocenters. The van der Waals surface area contributed by atoms with Gasteiger partial charge in [-0.25, -0.2) is 13.8 Å². The third kappa shape index (κ3) is 4.71. The molecule has 7 heteroatoms. The van der Waals surface area contributed by atoms with Crippen LogP contribution < -0.4 is 5.56 Å². The van der Waals surface area contributed by atoms with Gasteiger partial charge in [0.2, 0.25) is 5.91 Å². The largest absolute Gasteiger partial charge is 0.337 e. The van der Waals surface area contributed by atoms with Gasteiger partial charge in [0.1, 0.15) is 11.6 Å². The third-order valence-corrected chi connectivity index (χ3v) is 5.20. The first kappa shape index (κ1) is 22.3. The molecule has 0 spiro atoms. The SMILES string of the molecule is CC.CC(=O)N1CCc2c(ncn(C(c3cccc(F)c3)c3cccc(F)c3)c2=O)C1. The summed E-state index contributed by atoms with van der Waals surface area (Å²) in [4.78, 5) is 31.0. The van der Waals surface area contributed by atoms with E-state index in [2.05, 4.69) is 4.98 Å². The normalized spacial score (nSPS) is 12.8. The van der Waals surface area contributed by atoms with E-state index in [9.17, 15) is 18.4 Å². The molecule has 2 aromatic carbocycles. The van der Waals surface area contributed by atoms with E-state index in [0.29, 0.717) is 35.3 Å². The lowest BCUT2D eigenvalue weighted by atomic mass is 9.97. The van der Waals surface area contributed by atoms with Gasteiger partial charge in [-0.2, -0.15) is 0 Å². The number of aromatic nitrogens is 2. The summed E-state index contributed by atoms with van der Waals surface area (Å²) in [6.45, 7) is 6.20. The monoisotopic (exact) mass is 425 g/mol. The minimum atomic E-state index is -0.725. The summed E-state index contributed by atoms with van der Waals surface area (Å²) in [5.74, 6) is -0.959. The lowest BCUT2D eigenvalue weighted by Crippen LogP contribution is -2.40. The zero-order valence-corrected chi connectivity index (χ0v) is 17.8. The maximum absolute atomic E-state index is 13.9. The van der Waals surface area contributed by atoms with Gasteiger partial charge in [0.05, 0.1) is 24.6 Å². The second-order valence-corrected chi connectivity index (χ2v) is 7.09. The van der Waals surface area contributed by atoms with E-state index in [4.69, 9.17) is 0 Å². The molecule has 1 aliphatic heterocycles. The molecule has 0 N–H and O–H groups in total. The Hall–Kier alpha value is -3.35. The number of carbonyl (C=O) groups is 1. The van der Waals surface area contributed by atoms with E-state index in [1.165, 1.54) is 42.1 Å². The quantitative estimate of drug-likeness (QED) is 0.635. The number of rotatable bonds is 3. The predicted octanol–water partition coefficient (Wildman–Crippen LogP) is 4.09. The Bertz CT molecular complexity index is 1100. The maximum Gasteiger partial charge on any atom is 0.257 e. The highest BCUT2D eigenvalue weighted by Gasteiger charge is 2.26. The van der Waals surface area contributed by atoms with Crippen molar-refractivity contribution in [1.82, 2.24) is 14.5 Å². The molecule has 0 saturated heterocycles. The third-order valence-electron chi connectivity index (χ3n) is 5.20. The van der Waals surface area contributed by atoms with E-state index in [1.54, 1.807) is 29.2 Å². The van der Waals surface area contributed by atoms with Crippen LogP contribution in [0.3, 0.4) is 0 Å². The first-order valence-electron chi connectivity index (χ1n) is 10.3. The molecule has 1 aromatic heterocycles. The van der Waals surface area contributed by atoms with Crippen molar-refractivity contribution in [3.05, 3.63) is 99.2 Å². The minimum Gasteiger partial charge on any atom is -0.337 e. The molecular formula is C24H25F2N3O2. The van der Waals surface area contributed by atoms with E-state index in [-0.39, 0.29) is 18.0 Å². The van der Waals surface area contributed by atoms with Crippen LogP contribution in [0.15, 0.2) is 59.7 Å². The fourth-order valence-electron chi connectivity index (χ4n) is 3.76. The molecule has 5 nitrogen and oxygen atoms in total. The first-order valence-corrected chi connectivity index (χ1v) is 10.3. The molecule has 0 fully saturated rings. The molecule has 0 unspecified atom stereocenters. The number of fused-ring (bicyclic) bond motifs is 1. The van der Waals surface area contributed by atoms with Crippen molar-refractivity contribution in [2.45, 2.75) is 39.8 Å². The van der Waals surface area contributed by atoms with Crippen LogP contribution in [-0.4, -0.2) is 26.9 Å². The Kier molecular flexibility index (Phi) is 6.95. The molecule has 1 amide bonds. The van der Waals surface area contributed by atoms with Crippen LogP contribution in [0.25, 0.3) is 0 Å². The lowest BCUT2D eigenvalue weighted by Gasteiger charge is -2.28. The second-order valence-electron chi connectivity index (χ2n) is 7.09. The van der Waals surface area contributed by atoms with Gasteiger partial charge in [-0.1, -0.05) is 38.1 Å². The summed E-state index contributed by atoms with van der Waals surface area (Å²) in [7, 11) is 0. The Morgan fingerprint density at radius 3 is 2.13 bits per heavy atom. The number of benzene rings is 2. The van der Waals surface area contributed by atoms with Gasteiger partial charge in [0.15, 0.2) is 0 Å².